The molecule has 0 atom stereocenters. The second kappa shape index (κ2) is 5.64. The average Bonchev–Trinajstić information content (AvgIpc) is 3.02. The average molecular weight is 290 g/mol. The van der Waals surface area contributed by atoms with Crippen LogP contribution in [0, 0.1) is 0 Å². The van der Waals surface area contributed by atoms with Gasteiger partial charge in [0.15, 0.2) is 5.13 Å². The highest BCUT2D eigenvalue weighted by molar-refractivity contribution is 7.22. The Morgan fingerprint density at radius 3 is 3.11 bits per heavy atom. The predicted octanol–water partition coefficient (Wildman–Crippen LogP) is 2.67. The molecule has 0 saturated heterocycles. The Morgan fingerprint density at radius 1 is 1.32 bits per heavy atom. The molecule has 19 heavy (non-hydrogen) atoms. The molecule has 0 radical (unpaired) electrons. The molecule has 0 aliphatic heterocycles. The van der Waals surface area contributed by atoms with Gasteiger partial charge in [0.05, 0.1) is 21.4 Å². The van der Waals surface area contributed by atoms with Gasteiger partial charge in [0.1, 0.15) is 0 Å². The SMILES string of the molecule is Nc1nc2ccc(CNCCc3cscn3)cc2s1. The Morgan fingerprint density at radius 2 is 2.26 bits per heavy atom. The second-order valence-electron chi connectivity index (χ2n) is 4.26. The molecule has 1 aromatic carbocycles. The molecular formula is C13H14N4S2. The highest BCUT2D eigenvalue weighted by atomic mass is 32.1. The number of benzene rings is 1. The Labute approximate surface area is 119 Å². The van der Waals surface area contributed by atoms with Crippen molar-refractivity contribution in [2.45, 2.75) is 13.0 Å². The van der Waals surface area contributed by atoms with E-state index in [0.717, 1.165) is 35.4 Å². The first-order chi connectivity index (χ1) is 9.31. The molecule has 3 N–H and O–H groups in total. The number of nitrogens with zero attached hydrogens (tertiary/aromatic N) is 2. The van der Waals surface area contributed by atoms with Crippen LogP contribution in [-0.2, 0) is 13.0 Å². The fourth-order valence-electron chi connectivity index (χ4n) is 1.91. The monoisotopic (exact) mass is 290 g/mol. The summed E-state index contributed by atoms with van der Waals surface area (Å²) in [6.07, 6.45) is 0.971. The molecule has 0 amide bonds. The summed E-state index contributed by atoms with van der Waals surface area (Å²) in [5.74, 6) is 0. The number of nitrogens with two attached hydrogens (primary N) is 1. The van der Waals surface area contributed by atoms with Crippen molar-refractivity contribution in [1.29, 1.82) is 0 Å². The molecular weight excluding hydrogens is 276 g/mol. The first-order valence-corrected chi connectivity index (χ1v) is 7.80. The van der Waals surface area contributed by atoms with Gasteiger partial charge < -0.3 is 11.1 Å². The lowest BCUT2D eigenvalue weighted by molar-refractivity contribution is 0.682. The number of hydrogen-bond donors (Lipinski definition) is 2. The third-order valence-electron chi connectivity index (χ3n) is 2.84. The van der Waals surface area contributed by atoms with E-state index in [9.17, 15) is 0 Å². The van der Waals surface area contributed by atoms with E-state index in [2.05, 4.69) is 32.8 Å². The van der Waals surface area contributed by atoms with Crippen molar-refractivity contribution in [3.63, 3.8) is 0 Å². The lowest BCUT2D eigenvalue weighted by atomic mass is 10.2. The molecule has 3 rings (SSSR count). The van der Waals surface area contributed by atoms with Crippen molar-refractivity contribution in [2.24, 2.45) is 0 Å². The van der Waals surface area contributed by atoms with Crippen molar-refractivity contribution in [1.82, 2.24) is 15.3 Å². The molecule has 3 aromatic rings. The van der Waals surface area contributed by atoms with E-state index >= 15 is 0 Å². The van der Waals surface area contributed by atoms with E-state index in [-0.39, 0.29) is 0 Å². The molecule has 98 valence electrons. The van der Waals surface area contributed by atoms with Crippen molar-refractivity contribution >= 4 is 38.0 Å². The van der Waals surface area contributed by atoms with Crippen molar-refractivity contribution < 1.29 is 0 Å². The van der Waals surface area contributed by atoms with E-state index in [4.69, 9.17) is 5.73 Å². The van der Waals surface area contributed by atoms with Gasteiger partial charge in [0.2, 0.25) is 0 Å². The molecule has 0 unspecified atom stereocenters. The van der Waals surface area contributed by atoms with Crippen LogP contribution < -0.4 is 11.1 Å². The summed E-state index contributed by atoms with van der Waals surface area (Å²) in [5, 5.41) is 6.15. The molecule has 0 fully saturated rings. The largest absolute Gasteiger partial charge is 0.375 e. The number of fused-ring (bicyclic) bond motifs is 1. The van der Waals surface area contributed by atoms with Crippen LogP contribution >= 0.6 is 22.7 Å². The fraction of sp³-hybridized carbons (Fsp3) is 0.231. The molecule has 4 nitrogen and oxygen atoms in total. The van der Waals surface area contributed by atoms with E-state index < -0.39 is 0 Å². The second-order valence-corrected chi connectivity index (χ2v) is 6.04. The van der Waals surface area contributed by atoms with Gasteiger partial charge in [-0.1, -0.05) is 17.4 Å². The summed E-state index contributed by atoms with van der Waals surface area (Å²) in [6, 6.07) is 6.27. The molecule has 6 heteroatoms. The van der Waals surface area contributed by atoms with Crippen molar-refractivity contribution in [2.75, 3.05) is 12.3 Å². The summed E-state index contributed by atoms with van der Waals surface area (Å²) < 4.78 is 1.15. The normalized spacial score (nSPS) is 11.2. The maximum absolute atomic E-state index is 5.70. The van der Waals surface area contributed by atoms with Crippen LogP contribution in [0.15, 0.2) is 29.1 Å². The lowest BCUT2D eigenvalue weighted by Crippen LogP contribution is -2.16. The van der Waals surface area contributed by atoms with E-state index in [1.165, 1.54) is 16.9 Å². The number of nitrogens with one attached hydrogen (secondary N) is 1. The summed E-state index contributed by atoms with van der Waals surface area (Å²) >= 11 is 3.18. The molecule has 2 aromatic heterocycles. The van der Waals surface area contributed by atoms with Gasteiger partial charge >= 0.3 is 0 Å². The van der Waals surface area contributed by atoms with Crippen LogP contribution in [0.1, 0.15) is 11.3 Å². The first kappa shape index (κ1) is 12.5. The molecule has 0 spiro atoms. The van der Waals surface area contributed by atoms with Gasteiger partial charge in [-0.05, 0) is 17.7 Å². The zero-order valence-corrected chi connectivity index (χ0v) is 11.9. The maximum atomic E-state index is 5.70. The topological polar surface area (TPSA) is 63.8 Å². The Kier molecular flexibility index (Phi) is 3.72. The standard InChI is InChI=1S/C13H14N4S2/c14-13-17-11-2-1-9(5-12(11)19-13)6-15-4-3-10-7-18-8-16-10/h1-2,5,7-8,15H,3-4,6H2,(H2,14,17). The van der Waals surface area contributed by atoms with Crippen LogP contribution in [-0.4, -0.2) is 16.5 Å². The number of thiazole rings is 2. The van der Waals surface area contributed by atoms with E-state index in [1.54, 1.807) is 11.3 Å². The Balaban J connectivity index is 1.56. The number of hydrogen-bond acceptors (Lipinski definition) is 6. The number of nitrogen functional groups attached to an aromatic ring is 1. The quantitative estimate of drug-likeness (QED) is 0.709. The number of aromatic nitrogens is 2. The molecule has 0 bridgehead atoms. The van der Waals surface area contributed by atoms with Gasteiger partial charge in [-0.15, -0.1) is 11.3 Å². The fourth-order valence-corrected chi connectivity index (χ4v) is 3.30. The molecule has 0 aliphatic rings. The van der Waals surface area contributed by atoms with Crippen LogP contribution in [0.5, 0.6) is 0 Å². The predicted molar refractivity (Wildman–Crippen MR) is 81.6 cm³/mol. The zero-order valence-electron chi connectivity index (χ0n) is 10.3. The minimum Gasteiger partial charge on any atom is -0.375 e. The molecule has 0 aliphatic carbocycles. The lowest BCUT2D eigenvalue weighted by Gasteiger charge is -2.03. The number of anilines is 1. The minimum absolute atomic E-state index is 0.628. The van der Waals surface area contributed by atoms with Gasteiger partial charge in [-0.2, -0.15) is 0 Å². The summed E-state index contributed by atoms with van der Waals surface area (Å²) in [6.45, 7) is 1.80. The van der Waals surface area contributed by atoms with E-state index in [1.807, 2.05) is 11.6 Å². The minimum atomic E-state index is 0.628. The smallest absolute Gasteiger partial charge is 0.181 e. The van der Waals surface area contributed by atoms with Gasteiger partial charge in [0, 0.05) is 24.9 Å². The van der Waals surface area contributed by atoms with Crippen LogP contribution in [0.3, 0.4) is 0 Å². The third-order valence-corrected chi connectivity index (χ3v) is 4.32. The Hall–Kier alpha value is -1.50. The van der Waals surface area contributed by atoms with Crippen LogP contribution in [0.2, 0.25) is 0 Å². The summed E-state index contributed by atoms with van der Waals surface area (Å²) in [5.41, 5.74) is 11.0. The zero-order chi connectivity index (χ0) is 13.1. The highest BCUT2D eigenvalue weighted by Crippen LogP contribution is 2.24. The van der Waals surface area contributed by atoms with Crippen LogP contribution in [0.25, 0.3) is 10.2 Å². The van der Waals surface area contributed by atoms with Gasteiger partial charge in [0.25, 0.3) is 0 Å². The van der Waals surface area contributed by atoms with Crippen molar-refractivity contribution in [3.05, 3.63) is 40.3 Å². The number of rotatable bonds is 5. The van der Waals surface area contributed by atoms with E-state index in [0.29, 0.717) is 5.13 Å². The van der Waals surface area contributed by atoms with Gasteiger partial charge in [-0.25, -0.2) is 9.97 Å². The third kappa shape index (κ3) is 3.09. The van der Waals surface area contributed by atoms with Gasteiger partial charge in [-0.3, -0.25) is 0 Å². The summed E-state index contributed by atoms with van der Waals surface area (Å²) in [7, 11) is 0. The Bertz CT molecular complexity index is 660. The van der Waals surface area contributed by atoms with Crippen molar-refractivity contribution in [3.8, 4) is 0 Å². The molecule has 2 heterocycles. The van der Waals surface area contributed by atoms with Crippen LogP contribution in [0.4, 0.5) is 5.13 Å². The first-order valence-electron chi connectivity index (χ1n) is 6.04. The maximum Gasteiger partial charge on any atom is 0.181 e. The molecule has 0 saturated carbocycles. The summed E-state index contributed by atoms with van der Waals surface area (Å²) in [4.78, 5) is 8.52. The highest BCUT2D eigenvalue weighted by Gasteiger charge is 2.02.